The van der Waals surface area contributed by atoms with Crippen LogP contribution in [0.1, 0.15) is 20.8 Å². The third-order valence-corrected chi connectivity index (χ3v) is 3.36. The fourth-order valence-electron chi connectivity index (χ4n) is 2.16. The summed E-state index contributed by atoms with van der Waals surface area (Å²) >= 11 is 0. The van der Waals surface area contributed by atoms with Crippen molar-refractivity contribution in [2.75, 3.05) is 12.4 Å². The molecule has 24 heavy (non-hydrogen) atoms. The average molecular weight is 321 g/mol. The number of hydrogen-bond donors (Lipinski definition) is 2. The van der Waals surface area contributed by atoms with E-state index in [4.69, 9.17) is 0 Å². The van der Waals surface area contributed by atoms with Crippen LogP contribution in [-0.4, -0.2) is 33.9 Å². The fourth-order valence-corrected chi connectivity index (χ4v) is 2.16. The lowest BCUT2D eigenvalue weighted by Gasteiger charge is -2.08. The van der Waals surface area contributed by atoms with Crippen LogP contribution in [0.5, 0.6) is 0 Å². The number of amides is 2. The standard InChI is InChI=1S/C17H15N5O2/c1-18-16(23)13-9-5-6-10-14(13)20-17(24)15-11-19-22(21-15)12-7-3-2-4-8-12/h2-11H,1H3,(H,18,23)(H,20,24). The molecule has 120 valence electrons. The van der Waals surface area contributed by atoms with Crippen molar-refractivity contribution >= 4 is 17.5 Å². The van der Waals surface area contributed by atoms with Crippen LogP contribution in [-0.2, 0) is 0 Å². The second kappa shape index (κ2) is 6.74. The van der Waals surface area contributed by atoms with Gasteiger partial charge in [-0.25, -0.2) is 0 Å². The molecular weight excluding hydrogens is 306 g/mol. The predicted octanol–water partition coefficient (Wildman–Crippen LogP) is 1.88. The summed E-state index contributed by atoms with van der Waals surface area (Å²) in [6.07, 6.45) is 1.38. The van der Waals surface area contributed by atoms with Crippen LogP contribution in [0.15, 0.2) is 60.8 Å². The molecular formula is C17H15N5O2. The highest BCUT2D eigenvalue weighted by Crippen LogP contribution is 2.16. The van der Waals surface area contributed by atoms with Gasteiger partial charge in [-0.1, -0.05) is 30.3 Å². The highest BCUT2D eigenvalue weighted by atomic mass is 16.2. The summed E-state index contributed by atoms with van der Waals surface area (Å²) in [6, 6.07) is 16.0. The summed E-state index contributed by atoms with van der Waals surface area (Å²) in [5, 5.41) is 13.5. The van der Waals surface area contributed by atoms with Gasteiger partial charge in [-0.3, -0.25) is 9.59 Å². The van der Waals surface area contributed by atoms with E-state index in [2.05, 4.69) is 20.8 Å². The van der Waals surface area contributed by atoms with Crippen molar-refractivity contribution in [1.82, 2.24) is 20.3 Å². The zero-order valence-electron chi connectivity index (χ0n) is 12.9. The Kier molecular flexibility index (Phi) is 4.33. The van der Waals surface area contributed by atoms with Crippen LogP contribution in [0.3, 0.4) is 0 Å². The van der Waals surface area contributed by atoms with Gasteiger partial charge in [0.15, 0.2) is 5.69 Å². The first-order chi connectivity index (χ1) is 11.7. The minimum absolute atomic E-state index is 0.158. The largest absolute Gasteiger partial charge is 0.355 e. The zero-order valence-corrected chi connectivity index (χ0v) is 12.9. The van der Waals surface area contributed by atoms with E-state index < -0.39 is 5.91 Å². The van der Waals surface area contributed by atoms with Crippen LogP contribution in [0.4, 0.5) is 5.69 Å². The molecule has 0 unspecified atom stereocenters. The number of nitrogens with zero attached hydrogens (tertiary/aromatic N) is 3. The highest BCUT2D eigenvalue weighted by Gasteiger charge is 2.15. The number of carbonyl (C=O) groups is 2. The normalized spacial score (nSPS) is 10.2. The van der Waals surface area contributed by atoms with Gasteiger partial charge in [0.1, 0.15) is 0 Å². The van der Waals surface area contributed by atoms with Crippen molar-refractivity contribution in [1.29, 1.82) is 0 Å². The predicted molar refractivity (Wildman–Crippen MR) is 89.1 cm³/mol. The Labute approximate surface area is 138 Å². The van der Waals surface area contributed by atoms with Gasteiger partial charge in [-0.05, 0) is 24.3 Å². The Morgan fingerprint density at radius 1 is 0.958 bits per heavy atom. The third-order valence-electron chi connectivity index (χ3n) is 3.36. The first-order valence-corrected chi connectivity index (χ1v) is 7.29. The zero-order chi connectivity index (χ0) is 16.9. The molecule has 0 radical (unpaired) electrons. The van der Waals surface area contributed by atoms with Gasteiger partial charge in [-0.2, -0.15) is 9.90 Å². The van der Waals surface area contributed by atoms with Gasteiger partial charge in [0.25, 0.3) is 11.8 Å². The minimum atomic E-state index is -0.437. The molecule has 7 heteroatoms. The molecule has 0 fully saturated rings. The van der Waals surface area contributed by atoms with Crippen molar-refractivity contribution < 1.29 is 9.59 Å². The molecule has 7 nitrogen and oxygen atoms in total. The van der Waals surface area contributed by atoms with E-state index in [-0.39, 0.29) is 11.6 Å². The number of benzene rings is 2. The topological polar surface area (TPSA) is 88.9 Å². The van der Waals surface area contributed by atoms with Crippen LogP contribution >= 0.6 is 0 Å². The second-order valence-electron chi connectivity index (χ2n) is 4.93. The highest BCUT2D eigenvalue weighted by molar-refractivity contribution is 6.08. The van der Waals surface area contributed by atoms with Crippen molar-refractivity contribution in [2.24, 2.45) is 0 Å². The van der Waals surface area contributed by atoms with Gasteiger partial charge in [0.2, 0.25) is 0 Å². The maximum absolute atomic E-state index is 12.4. The van der Waals surface area contributed by atoms with Gasteiger partial charge in [0, 0.05) is 7.05 Å². The van der Waals surface area contributed by atoms with Crippen LogP contribution in [0.25, 0.3) is 5.69 Å². The van der Waals surface area contributed by atoms with E-state index in [1.54, 1.807) is 24.3 Å². The smallest absolute Gasteiger partial charge is 0.277 e. The van der Waals surface area contributed by atoms with Crippen molar-refractivity contribution in [3.63, 3.8) is 0 Å². The number of anilines is 1. The number of para-hydroxylation sites is 2. The quantitative estimate of drug-likeness (QED) is 0.768. The molecule has 1 aromatic heterocycles. The SMILES string of the molecule is CNC(=O)c1ccccc1NC(=O)c1cnn(-c2ccccc2)n1. The Bertz CT molecular complexity index is 873. The summed E-state index contributed by atoms with van der Waals surface area (Å²) in [6.45, 7) is 0. The van der Waals surface area contributed by atoms with E-state index in [1.165, 1.54) is 18.0 Å². The van der Waals surface area contributed by atoms with Crippen LogP contribution in [0.2, 0.25) is 0 Å². The maximum atomic E-state index is 12.4. The Morgan fingerprint density at radius 3 is 2.42 bits per heavy atom. The Morgan fingerprint density at radius 2 is 1.67 bits per heavy atom. The van der Waals surface area contributed by atoms with Crippen LogP contribution < -0.4 is 10.6 Å². The van der Waals surface area contributed by atoms with E-state index in [0.29, 0.717) is 11.3 Å². The van der Waals surface area contributed by atoms with E-state index >= 15 is 0 Å². The van der Waals surface area contributed by atoms with E-state index in [0.717, 1.165) is 5.69 Å². The second-order valence-corrected chi connectivity index (χ2v) is 4.93. The molecule has 0 spiro atoms. The molecule has 0 aliphatic heterocycles. The Balaban J connectivity index is 1.82. The number of aromatic nitrogens is 3. The molecule has 2 amide bonds. The van der Waals surface area contributed by atoms with Crippen molar-refractivity contribution in [3.8, 4) is 5.69 Å². The molecule has 0 saturated heterocycles. The molecule has 0 aliphatic rings. The van der Waals surface area contributed by atoms with Crippen molar-refractivity contribution in [3.05, 3.63) is 72.1 Å². The van der Waals surface area contributed by atoms with E-state index in [1.807, 2.05) is 30.3 Å². The molecule has 3 rings (SSSR count). The number of rotatable bonds is 4. The summed E-state index contributed by atoms with van der Waals surface area (Å²) in [7, 11) is 1.53. The van der Waals surface area contributed by atoms with Crippen LogP contribution in [0, 0.1) is 0 Å². The molecule has 1 heterocycles. The van der Waals surface area contributed by atoms with Gasteiger partial charge < -0.3 is 10.6 Å². The molecule has 2 N–H and O–H groups in total. The summed E-state index contributed by atoms with van der Waals surface area (Å²) in [5.74, 6) is -0.715. The molecule has 2 aromatic carbocycles. The lowest BCUT2D eigenvalue weighted by molar-refractivity contribution is 0.0964. The lowest BCUT2D eigenvalue weighted by Crippen LogP contribution is -2.21. The van der Waals surface area contributed by atoms with Crippen molar-refractivity contribution in [2.45, 2.75) is 0 Å². The number of nitrogens with one attached hydrogen (secondary N) is 2. The average Bonchev–Trinajstić information content (AvgIpc) is 3.12. The molecule has 0 bridgehead atoms. The number of carbonyl (C=O) groups excluding carboxylic acids is 2. The molecule has 0 atom stereocenters. The number of hydrogen-bond acceptors (Lipinski definition) is 4. The Hall–Kier alpha value is -3.48. The summed E-state index contributed by atoms with van der Waals surface area (Å²) < 4.78 is 0. The lowest BCUT2D eigenvalue weighted by atomic mass is 10.1. The first kappa shape index (κ1) is 15.4. The van der Waals surface area contributed by atoms with Gasteiger partial charge in [0.05, 0.1) is 23.1 Å². The third kappa shape index (κ3) is 3.14. The summed E-state index contributed by atoms with van der Waals surface area (Å²) in [5.41, 5.74) is 1.70. The fraction of sp³-hybridized carbons (Fsp3) is 0.0588. The van der Waals surface area contributed by atoms with E-state index in [9.17, 15) is 9.59 Å². The van der Waals surface area contributed by atoms with Gasteiger partial charge in [-0.15, -0.1) is 5.10 Å². The first-order valence-electron chi connectivity index (χ1n) is 7.29. The molecule has 0 saturated carbocycles. The minimum Gasteiger partial charge on any atom is -0.355 e. The molecule has 0 aliphatic carbocycles. The summed E-state index contributed by atoms with van der Waals surface area (Å²) in [4.78, 5) is 25.6. The monoisotopic (exact) mass is 321 g/mol. The maximum Gasteiger partial charge on any atom is 0.277 e. The molecule has 3 aromatic rings. The van der Waals surface area contributed by atoms with Gasteiger partial charge >= 0.3 is 0 Å².